The molecule has 0 aliphatic heterocycles. The summed E-state index contributed by atoms with van der Waals surface area (Å²) in [5.41, 5.74) is 2.30. The Labute approximate surface area is 125 Å². The lowest BCUT2D eigenvalue weighted by Gasteiger charge is -2.17. The second kappa shape index (κ2) is 7.88. The second-order valence-corrected chi connectivity index (χ2v) is 5.27. The summed E-state index contributed by atoms with van der Waals surface area (Å²) in [4.78, 5) is 6.29. The summed E-state index contributed by atoms with van der Waals surface area (Å²) in [7, 11) is 2.15. The van der Waals surface area contributed by atoms with E-state index in [0.29, 0.717) is 5.02 Å². The van der Waals surface area contributed by atoms with Crippen LogP contribution in [0, 0.1) is 0 Å². The number of anilines is 1. The van der Waals surface area contributed by atoms with Crippen LogP contribution in [0.5, 0.6) is 0 Å². The highest BCUT2D eigenvalue weighted by molar-refractivity contribution is 6.33. The molecule has 0 bridgehead atoms. The molecule has 0 aliphatic rings. The van der Waals surface area contributed by atoms with Gasteiger partial charge >= 0.3 is 0 Å². The highest BCUT2D eigenvalue weighted by atomic mass is 35.5. The molecule has 106 valence electrons. The Kier molecular flexibility index (Phi) is 5.84. The summed E-state index contributed by atoms with van der Waals surface area (Å²) < 4.78 is 0. The van der Waals surface area contributed by atoms with Gasteiger partial charge in [0.05, 0.1) is 10.7 Å². The lowest BCUT2D eigenvalue weighted by Crippen LogP contribution is -2.21. The molecule has 0 spiro atoms. The van der Waals surface area contributed by atoms with Crippen molar-refractivity contribution < 1.29 is 0 Å². The minimum atomic E-state index is 0.671. The third-order valence-corrected chi connectivity index (χ3v) is 3.40. The molecule has 0 saturated heterocycles. The van der Waals surface area contributed by atoms with Gasteiger partial charge in [0.15, 0.2) is 0 Å². The van der Waals surface area contributed by atoms with Crippen LogP contribution in [0.15, 0.2) is 48.8 Å². The standard InChI is InChI=1S/C16H20ClN3/c1-20(13-14-6-3-2-4-7-14)11-5-9-19-16-8-10-18-12-15(16)17/h2-4,6-8,10,12H,5,9,11,13H2,1H3,(H,18,19). The van der Waals surface area contributed by atoms with Gasteiger partial charge in [0.1, 0.15) is 0 Å². The van der Waals surface area contributed by atoms with Gasteiger partial charge in [0, 0.05) is 25.5 Å². The van der Waals surface area contributed by atoms with Gasteiger partial charge in [-0.3, -0.25) is 4.98 Å². The van der Waals surface area contributed by atoms with Crippen LogP contribution in [0.4, 0.5) is 5.69 Å². The van der Waals surface area contributed by atoms with E-state index in [1.165, 1.54) is 5.56 Å². The third kappa shape index (κ3) is 4.83. The molecule has 2 rings (SSSR count). The van der Waals surface area contributed by atoms with E-state index in [9.17, 15) is 0 Å². The molecular weight excluding hydrogens is 270 g/mol. The summed E-state index contributed by atoms with van der Waals surface area (Å²) in [6.07, 6.45) is 4.48. The van der Waals surface area contributed by atoms with Crippen LogP contribution in [0.2, 0.25) is 5.02 Å². The van der Waals surface area contributed by atoms with Gasteiger partial charge in [-0.1, -0.05) is 41.9 Å². The van der Waals surface area contributed by atoms with E-state index in [0.717, 1.165) is 31.7 Å². The van der Waals surface area contributed by atoms with Crippen LogP contribution in [0.3, 0.4) is 0 Å². The molecule has 2 aromatic rings. The van der Waals surface area contributed by atoms with Gasteiger partial charge < -0.3 is 10.2 Å². The van der Waals surface area contributed by atoms with Crippen molar-refractivity contribution in [3.63, 3.8) is 0 Å². The predicted molar refractivity (Wildman–Crippen MR) is 85.1 cm³/mol. The zero-order chi connectivity index (χ0) is 14.2. The Hall–Kier alpha value is -1.58. The monoisotopic (exact) mass is 289 g/mol. The topological polar surface area (TPSA) is 28.2 Å². The van der Waals surface area contributed by atoms with Crippen LogP contribution >= 0.6 is 11.6 Å². The molecule has 0 radical (unpaired) electrons. The van der Waals surface area contributed by atoms with E-state index in [-0.39, 0.29) is 0 Å². The molecule has 4 heteroatoms. The van der Waals surface area contributed by atoms with E-state index in [2.05, 4.69) is 46.5 Å². The normalized spacial score (nSPS) is 10.8. The lowest BCUT2D eigenvalue weighted by atomic mass is 10.2. The van der Waals surface area contributed by atoms with E-state index in [1.807, 2.05) is 12.1 Å². The predicted octanol–water partition coefficient (Wildman–Crippen LogP) is 3.67. The number of hydrogen-bond acceptors (Lipinski definition) is 3. The van der Waals surface area contributed by atoms with Crippen LogP contribution < -0.4 is 5.32 Å². The Morgan fingerprint density at radius 2 is 2.00 bits per heavy atom. The minimum Gasteiger partial charge on any atom is -0.384 e. The molecule has 0 saturated carbocycles. The summed E-state index contributed by atoms with van der Waals surface area (Å²) >= 11 is 6.04. The van der Waals surface area contributed by atoms with Crippen molar-refractivity contribution in [3.05, 3.63) is 59.4 Å². The number of hydrogen-bond donors (Lipinski definition) is 1. The molecule has 1 N–H and O–H groups in total. The maximum Gasteiger partial charge on any atom is 0.0820 e. The summed E-state index contributed by atoms with van der Waals surface area (Å²) in [6, 6.07) is 12.4. The molecular formula is C16H20ClN3. The maximum absolute atomic E-state index is 6.04. The van der Waals surface area contributed by atoms with E-state index >= 15 is 0 Å². The molecule has 1 aromatic heterocycles. The van der Waals surface area contributed by atoms with Crippen LogP contribution in [0.25, 0.3) is 0 Å². The van der Waals surface area contributed by atoms with Gasteiger partial charge in [-0.05, 0) is 31.6 Å². The van der Waals surface area contributed by atoms with Crippen LogP contribution in [0.1, 0.15) is 12.0 Å². The zero-order valence-corrected chi connectivity index (χ0v) is 12.5. The van der Waals surface area contributed by atoms with E-state index < -0.39 is 0 Å². The molecule has 0 amide bonds. The second-order valence-electron chi connectivity index (χ2n) is 4.86. The molecule has 3 nitrogen and oxygen atoms in total. The first-order chi connectivity index (χ1) is 9.75. The Morgan fingerprint density at radius 1 is 1.20 bits per heavy atom. The number of nitrogens with zero attached hydrogens (tertiary/aromatic N) is 2. The number of nitrogens with one attached hydrogen (secondary N) is 1. The SMILES string of the molecule is CN(CCCNc1ccncc1Cl)Cc1ccccc1. The van der Waals surface area contributed by atoms with Crippen molar-refractivity contribution in [1.29, 1.82) is 0 Å². The Morgan fingerprint density at radius 3 is 2.75 bits per heavy atom. The number of rotatable bonds is 7. The summed E-state index contributed by atoms with van der Waals surface area (Å²) in [6.45, 7) is 2.93. The number of pyridine rings is 1. The molecule has 0 unspecified atom stereocenters. The highest BCUT2D eigenvalue weighted by Crippen LogP contribution is 2.18. The molecule has 0 atom stereocenters. The Balaban J connectivity index is 1.67. The first-order valence-corrected chi connectivity index (χ1v) is 7.19. The van der Waals surface area contributed by atoms with Gasteiger partial charge in [-0.15, -0.1) is 0 Å². The molecule has 1 aromatic carbocycles. The molecule has 1 heterocycles. The fourth-order valence-corrected chi connectivity index (χ4v) is 2.25. The summed E-state index contributed by atoms with van der Waals surface area (Å²) in [5.74, 6) is 0. The van der Waals surface area contributed by atoms with Crippen molar-refractivity contribution in [2.45, 2.75) is 13.0 Å². The highest BCUT2D eigenvalue weighted by Gasteiger charge is 2.01. The van der Waals surface area contributed by atoms with Crippen molar-refractivity contribution in [3.8, 4) is 0 Å². The molecule has 0 fully saturated rings. The van der Waals surface area contributed by atoms with Gasteiger partial charge in [0.25, 0.3) is 0 Å². The van der Waals surface area contributed by atoms with Crippen molar-refractivity contribution >= 4 is 17.3 Å². The largest absolute Gasteiger partial charge is 0.384 e. The lowest BCUT2D eigenvalue weighted by molar-refractivity contribution is 0.325. The number of aromatic nitrogens is 1. The first-order valence-electron chi connectivity index (χ1n) is 6.81. The Bertz CT molecular complexity index is 516. The van der Waals surface area contributed by atoms with E-state index in [4.69, 9.17) is 11.6 Å². The minimum absolute atomic E-state index is 0.671. The average Bonchev–Trinajstić information content (AvgIpc) is 2.46. The fourth-order valence-electron chi connectivity index (χ4n) is 2.06. The van der Waals surface area contributed by atoms with Crippen molar-refractivity contribution in [1.82, 2.24) is 9.88 Å². The smallest absolute Gasteiger partial charge is 0.0820 e. The zero-order valence-electron chi connectivity index (χ0n) is 11.7. The molecule has 0 aliphatic carbocycles. The van der Waals surface area contributed by atoms with Gasteiger partial charge in [-0.2, -0.15) is 0 Å². The average molecular weight is 290 g/mol. The fraction of sp³-hybridized carbons (Fsp3) is 0.312. The van der Waals surface area contributed by atoms with Gasteiger partial charge in [0.2, 0.25) is 0 Å². The summed E-state index contributed by atoms with van der Waals surface area (Å²) in [5, 5.41) is 4.00. The van der Waals surface area contributed by atoms with Gasteiger partial charge in [-0.25, -0.2) is 0 Å². The number of halogens is 1. The number of benzene rings is 1. The van der Waals surface area contributed by atoms with Crippen LogP contribution in [-0.2, 0) is 6.54 Å². The van der Waals surface area contributed by atoms with Crippen molar-refractivity contribution in [2.24, 2.45) is 0 Å². The maximum atomic E-state index is 6.04. The van der Waals surface area contributed by atoms with Crippen molar-refractivity contribution in [2.75, 3.05) is 25.5 Å². The quantitative estimate of drug-likeness (QED) is 0.788. The third-order valence-electron chi connectivity index (χ3n) is 3.10. The van der Waals surface area contributed by atoms with E-state index in [1.54, 1.807) is 12.4 Å². The molecule has 20 heavy (non-hydrogen) atoms. The first kappa shape index (κ1) is 14.8. The van der Waals surface area contributed by atoms with Crippen LogP contribution in [-0.4, -0.2) is 30.0 Å².